The van der Waals surface area contributed by atoms with Crippen molar-refractivity contribution < 1.29 is 14.3 Å². The van der Waals surface area contributed by atoms with Crippen LogP contribution in [-0.2, 0) is 11.3 Å². The lowest BCUT2D eigenvalue weighted by atomic mass is 10.1. The molecule has 4 rings (SSSR count). The predicted octanol–water partition coefficient (Wildman–Crippen LogP) is 5.99. The third-order valence-electron chi connectivity index (χ3n) is 6.16. The maximum atomic E-state index is 12.8. The smallest absolute Gasteiger partial charge is 0.255 e. The Labute approximate surface area is 200 Å². The van der Waals surface area contributed by atoms with E-state index in [0.717, 1.165) is 54.2 Å². The number of nitrogens with zero attached hydrogens (tertiary/aromatic N) is 2. The lowest BCUT2D eigenvalue weighted by Gasteiger charge is -2.33. The van der Waals surface area contributed by atoms with Crippen molar-refractivity contribution in [2.75, 3.05) is 30.4 Å². The van der Waals surface area contributed by atoms with Crippen molar-refractivity contribution in [2.24, 2.45) is 0 Å². The largest absolute Gasteiger partial charge is 0.489 e. The second-order valence-corrected chi connectivity index (χ2v) is 8.47. The molecule has 1 aliphatic rings. The molecule has 3 aromatic rings. The summed E-state index contributed by atoms with van der Waals surface area (Å²) in [6, 6.07) is 20.8. The van der Waals surface area contributed by atoms with Crippen molar-refractivity contribution in [3.63, 3.8) is 0 Å². The minimum absolute atomic E-state index is 0.155. The molecule has 6 heteroatoms. The molecule has 0 atom stereocenters. The van der Waals surface area contributed by atoms with Gasteiger partial charge < -0.3 is 19.7 Å². The fourth-order valence-electron chi connectivity index (χ4n) is 4.09. The van der Waals surface area contributed by atoms with Crippen LogP contribution in [0.1, 0.15) is 34.3 Å². The number of rotatable bonds is 7. The molecular formula is C28H29N3O3. The van der Waals surface area contributed by atoms with Crippen molar-refractivity contribution in [1.29, 1.82) is 0 Å². The minimum Gasteiger partial charge on any atom is -0.489 e. The summed E-state index contributed by atoms with van der Waals surface area (Å²) in [5, 5.41) is 2.98. The van der Waals surface area contributed by atoms with Crippen LogP contribution in [0.3, 0.4) is 0 Å². The Hall–Kier alpha value is -3.82. The second-order valence-electron chi connectivity index (χ2n) is 8.47. The molecule has 0 spiro atoms. The van der Waals surface area contributed by atoms with E-state index in [-0.39, 0.29) is 5.91 Å². The zero-order valence-electron chi connectivity index (χ0n) is 19.6. The SMILES string of the molecule is [C-]#[N+]c1ccc(COc2ccc(C(=O)Nc3ccc(N4CCC(OC)CC4)cc3)cc2C)cc1. The molecule has 6 nitrogen and oxygen atoms in total. The van der Waals surface area contributed by atoms with Gasteiger partial charge in [0.15, 0.2) is 5.69 Å². The summed E-state index contributed by atoms with van der Waals surface area (Å²) in [6.45, 7) is 11.3. The Morgan fingerprint density at radius 3 is 2.38 bits per heavy atom. The number of piperidine rings is 1. The van der Waals surface area contributed by atoms with Gasteiger partial charge in [-0.3, -0.25) is 4.79 Å². The third kappa shape index (κ3) is 5.75. The van der Waals surface area contributed by atoms with Gasteiger partial charge in [-0.1, -0.05) is 24.3 Å². The highest BCUT2D eigenvalue weighted by atomic mass is 16.5. The Kier molecular flexibility index (Phi) is 7.46. The number of aryl methyl sites for hydroxylation is 1. The number of hydrogen-bond acceptors (Lipinski definition) is 4. The first-order valence-corrected chi connectivity index (χ1v) is 11.4. The van der Waals surface area contributed by atoms with Crippen LogP contribution in [0.5, 0.6) is 5.75 Å². The van der Waals surface area contributed by atoms with Crippen LogP contribution in [0.2, 0.25) is 0 Å². The van der Waals surface area contributed by atoms with Crippen LogP contribution < -0.4 is 15.0 Å². The molecule has 0 unspecified atom stereocenters. The molecule has 1 fully saturated rings. The molecule has 0 aromatic heterocycles. The minimum atomic E-state index is -0.155. The first-order valence-electron chi connectivity index (χ1n) is 11.4. The fraction of sp³-hybridized carbons (Fsp3) is 0.286. The van der Waals surface area contributed by atoms with Gasteiger partial charge in [0.1, 0.15) is 12.4 Å². The number of methoxy groups -OCH3 is 1. The topological polar surface area (TPSA) is 55.2 Å². The fourth-order valence-corrected chi connectivity index (χ4v) is 4.09. The summed E-state index contributed by atoms with van der Waals surface area (Å²) < 4.78 is 11.4. The maximum absolute atomic E-state index is 12.8. The average molecular weight is 456 g/mol. The van der Waals surface area contributed by atoms with E-state index in [9.17, 15) is 4.79 Å². The quantitative estimate of drug-likeness (QED) is 0.445. The predicted molar refractivity (Wildman–Crippen MR) is 135 cm³/mol. The van der Waals surface area contributed by atoms with E-state index < -0.39 is 0 Å². The molecule has 3 aromatic carbocycles. The van der Waals surface area contributed by atoms with Crippen molar-refractivity contribution in [1.82, 2.24) is 0 Å². The first-order chi connectivity index (χ1) is 16.6. The maximum Gasteiger partial charge on any atom is 0.255 e. The highest BCUT2D eigenvalue weighted by molar-refractivity contribution is 6.04. The van der Waals surface area contributed by atoms with E-state index in [1.807, 2.05) is 43.3 Å². The van der Waals surface area contributed by atoms with E-state index in [4.69, 9.17) is 16.0 Å². The van der Waals surface area contributed by atoms with Crippen LogP contribution in [0.15, 0.2) is 66.7 Å². The molecule has 1 heterocycles. The summed E-state index contributed by atoms with van der Waals surface area (Å²) >= 11 is 0. The van der Waals surface area contributed by atoms with E-state index in [1.54, 1.807) is 25.3 Å². The van der Waals surface area contributed by atoms with Crippen molar-refractivity contribution in [3.8, 4) is 5.75 Å². The van der Waals surface area contributed by atoms with Crippen LogP contribution in [0.4, 0.5) is 17.1 Å². The first kappa shape index (κ1) is 23.3. The van der Waals surface area contributed by atoms with E-state index >= 15 is 0 Å². The normalized spacial score (nSPS) is 13.9. The van der Waals surface area contributed by atoms with Gasteiger partial charge in [0, 0.05) is 37.1 Å². The highest BCUT2D eigenvalue weighted by Crippen LogP contribution is 2.25. The molecule has 1 aliphatic heterocycles. The summed E-state index contributed by atoms with van der Waals surface area (Å²) in [5.41, 5.74) is 4.99. The van der Waals surface area contributed by atoms with Gasteiger partial charge in [0.2, 0.25) is 0 Å². The van der Waals surface area contributed by atoms with E-state index in [0.29, 0.717) is 24.0 Å². The number of anilines is 2. The Morgan fingerprint density at radius 2 is 1.76 bits per heavy atom. The van der Waals surface area contributed by atoms with Crippen molar-refractivity contribution in [3.05, 3.63) is 94.8 Å². The number of carbonyl (C=O) groups excluding carboxylic acids is 1. The molecule has 174 valence electrons. The Morgan fingerprint density at radius 1 is 1.06 bits per heavy atom. The summed E-state index contributed by atoms with van der Waals surface area (Å²) in [6.07, 6.45) is 2.41. The number of amides is 1. The standard InChI is InChI=1S/C28H29N3O3/c1-20-18-22(6-13-27(20)34-19-21-4-7-23(29-2)8-5-21)28(32)30-24-9-11-25(12-10-24)31-16-14-26(33-3)15-17-31/h4-13,18,26H,14-17,19H2,1,3H3,(H,30,32). The van der Waals surface area contributed by atoms with Crippen LogP contribution >= 0.6 is 0 Å². The molecule has 1 saturated heterocycles. The van der Waals surface area contributed by atoms with E-state index in [1.165, 1.54) is 0 Å². The Balaban J connectivity index is 1.33. The van der Waals surface area contributed by atoms with Gasteiger partial charge in [-0.25, -0.2) is 4.85 Å². The van der Waals surface area contributed by atoms with Crippen molar-refractivity contribution in [2.45, 2.75) is 32.5 Å². The van der Waals surface area contributed by atoms with Gasteiger partial charge in [0.25, 0.3) is 5.91 Å². The lowest BCUT2D eigenvalue weighted by Crippen LogP contribution is -2.36. The van der Waals surface area contributed by atoms with Gasteiger partial charge in [-0.05, 0) is 73.4 Å². The molecule has 0 saturated carbocycles. The highest BCUT2D eigenvalue weighted by Gasteiger charge is 2.19. The molecule has 0 aliphatic carbocycles. The number of nitrogens with one attached hydrogen (secondary N) is 1. The number of benzene rings is 3. The summed E-state index contributed by atoms with van der Waals surface area (Å²) in [4.78, 5) is 18.5. The molecular weight excluding hydrogens is 426 g/mol. The molecule has 1 amide bonds. The zero-order chi connectivity index (χ0) is 23.9. The van der Waals surface area contributed by atoms with Gasteiger partial charge in [0.05, 0.1) is 12.7 Å². The monoisotopic (exact) mass is 455 g/mol. The van der Waals surface area contributed by atoms with Crippen LogP contribution in [0.25, 0.3) is 4.85 Å². The van der Waals surface area contributed by atoms with Crippen LogP contribution in [0, 0.1) is 13.5 Å². The lowest BCUT2D eigenvalue weighted by molar-refractivity contribution is 0.0819. The number of ether oxygens (including phenoxy) is 2. The Bertz CT molecular complexity index is 1160. The zero-order valence-corrected chi connectivity index (χ0v) is 19.6. The van der Waals surface area contributed by atoms with Gasteiger partial charge >= 0.3 is 0 Å². The van der Waals surface area contributed by atoms with Crippen LogP contribution in [-0.4, -0.2) is 32.2 Å². The molecule has 0 radical (unpaired) electrons. The molecule has 34 heavy (non-hydrogen) atoms. The van der Waals surface area contributed by atoms with Crippen molar-refractivity contribution >= 4 is 23.0 Å². The molecule has 1 N–H and O–H groups in total. The van der Waals surface area contributed by atoms with Gasteiger partial charge in [-0.15, -0.1) is 0 Å². The summed E-state index contributed by atoms with van der Waals surface area (Å²) in [5.74, 6) is 0.574. The number of carbonyl (C=O) groups is 1. The second kappa shape index (κ2) is 10.9. The molecule has 0 bridgehead atoms. The van der Waals surface area contributed by atoms with Gasteiger partial charge in [-0.2, -0.15) is 0 Å². The van der Waals surface area contributed by atoms with E-state index in [2.05, 4.69) is 27.2 Å². The number of hydrogen-bond donors (Lipinski definition) is 1. The third-order valence-corrected chi connectivity index (χ3v) is 6.16. The average Bonchev–Trinajstić information content (AvgIpc) is 2.88. The summed E-state index contributed by atoms with van der Waals surface area (Å²) in [7, 11) is 1.78.